The molecule has 0 aliphatic carbocycles. The van der Waals surface area contributed by atoms with E-state index in [1.165, 1.54) is 0 Å². The van der Waals surface area contributed by atoms with E-state index in [2.05, 4.69) is 0 Å². The molecule has 2 rings (SSSR count). The molecule has 0 spiro atoms. The predicted octanol–water partition coefficient (Wildman–Crippen LogP) is 1.43. The van der Waals surface area contributed by atoms with Crippen molar-refractivity contribution in [3.05, 3.63) is 33.1 Å². The molecule has 8 nitrogen and oxygen atoms in total. The van der Waals surface area contributed by atoms with Gasteiger partial charge in [-0.2, -0.15) is 0 Å². The van der Waals surface area contributed by atoms with Gasteiger partial charge in [0.15, 0.2) is 11.8 Å². The van der Waals surface area contributed by atoms with Crippen LogP contribution in [0.4, 0.5) is 8.78 Å². The molecule has 1 aliphatic rings. The topological polar surface area (TPSA) is 103 Å². The highest BCUT2D eigenvalue weighted by Crippen LogP contribution is 2.42. The van der Waals surface area contributed by atoms with Gasteiger partial charge in [0.1, 0.15) is 12.2 Å². The number of hydrogen-bond donors (Lipinski definition) is 2. The average Bonchev–Trinajstić information content (AvgIpc) is 2.93. The molecule has 0 amide bonds. The number of aliphatic hydroxyl groups is 1. The highest BCUT2D eigenvalue weighted by Gasteiger charge is 2.62. The number of aromatic nitrogens is 2. The van der Waals surface area contributed by atoms with Gasteiger partial charge in [0.05, 0.1) is 6.61 Å². The molecule has 2 N–H and O–H groups in total. The summed E-state index contributed by atoms with van der Waals surface area (Å²) in [5.41, 5.74) is -3.76. The lowest BCUT2D eigenvalue weighted by atomic mass is 9.96. The SMILES string of the molecule is CCCCOC[C@@]1(C(F)F)O[C@@H](n2ccc(=O)[nH]c2=O)[C@H](O)[C@@H]1OCCCC. The van der Waals surface area contributed by atoms with Crippen LogP contribution < -0.4 is 11.2 Å². The minimum atomic E-state index is -3.03. The predicted molar refractivity (Wildman–Crippen MR) is 96.6 cm³/mol. The van der Waals surface area contributed by atoms with Crippen molar-refractivity contribution in [1.82, 2.24) is 9.55 Å². The summed E-state index contributed by atoms with van der Waals surface area (Å²) in [7, 11) is 0. The molecule has 1 fully saturated rings. The van der Waals surface area contributed by atoms with Crippen LogP contribution in [0.15, 0.2) is 21.9 Å². The number of ether oxygens (including phenoxy) is 3. The van der Waals surface area contributed by atoms with Gasteiger partial charge in [0.2, 0.25) is 0 Å². The van der Waals surface area contributed by atoms with E-state index in [1.807, 2.05) is 18.8 Å². The van der Waals surface area contributed by atoms with Crippen LogP contribution >= 0.6 is 0 Å². The third-order valence-corrected chi connectivity index (χ3v) is 4.68. The quantitative estimate of drug-likeness (QED) is 0.539. The largest absolute Gasteiger partial charge is 0.386 e. The van der Waals surface area contributed by atoms with Crippen LogP contribution in [0.25, 0.3) is 0 Å². The molecule has 160 valence electrons. The Bertz CT molecular complexity index is 725. The fraction of sp³-hybridized carbons (Fsp3) is 0.778. The zero-order valence-corrected chi connectivity index (χ0v) is 16.1. The minimum absolute atomic E-state index is 0.151. The third kappa shape index (κ3) is 4.86. The van der Waals surface area contributed by atoms with Crippen LogP contribution in [0, 0.1) is 0 Å². The van der Waals surface area contributed by atoms with Crippen LogP contribution in [0.2, 0.25) is 0 Å². The van der Waals surface area contributed by atoms with Crippen LogP contribution in [0.5, 0.6) is 0 Å². The fourth-order valence-corrected chi connectivity index (χ4v) is 3.08. The zero-order chi connectivity index (χ0) is 20.7. The lowest BCUT2D eigenvalue weighted by Crippen LogP contribution is -2.54. The van der Waals surface area contributed by atoms with Gasteiger partial charge in [0.25, 0.3) is 12.0 Å². The van der Waals surface area contributed by atoms with Crippen molar-refractivity contribution in [3.8, 4) is 0 Å². The fourth-order valence-electron chi connectivity index (χ4n) is 3.08. The molecule has 1 saturated heterocycles. The van der Waals surface area contributed by atoms with Gasteiger partial charge in [-0.1, -0.05) is 26.7 Å². The maximum atomic E-state index is 14.1. The molecule has 0 radical (unpaired) electrons. The molecular formula is C18H28F2N2O6. The standard InChI is InChI=1S/C18H28F2N2O6/c1-3-5-9-26-11-18(16(19)20)14(27-10-6-4-2)13(24)15(28-18)22-8-7-12(23)21-17(22)25/h7-8,13-16,24H,3-6,9-11H2,1-2H3,(H,21,23,25)/t13-,14+,15-,18-/m1/s1. The van der Waals surface area contributed by atoms with Crippen molar-refractivity contribution in [2.45, 2.75) is 70.0 Å². The van der Waals surface area contributed by atoms with E-state index in [9.17, 15) is 23.5 Å². The molecule has 1 aromatic heterocycles. The van der Waals surface area contributed by atoms with E-state index in [0.29, 0.717) is 12.8 Å². The summed E-state index contributed by atoms with van der Waals surface area (Å²) in [4.78, 5) is 25.4. The molecule has 0 aromatic carbocycles. The molecule has 1 aromatic rings. The van der Waals surface area contributed by atoms with Gasteiger partial charge in [-0.3, -0.25) is 14.3 Å². The van der Waals surface area contributed by atoms with Gasteiger partial charge in [-0.15, -0.1) is 0 Å². The van der Waals surface area contributed by atoms with Crippen molar-refractivity contribution in [3.63, 3.8) is 0 Å². The number of unbranched alkanes of at least 4 members (excludes halogenated alkanes) is 2. The lowest BCUT2D eigenvalue weighted by molar-refractivity contribution is -0.212. The summed E-state index contributed by atoms with van der Waals surface area (Å²) in [5, 5.41) is 10.7. The molecule has 4 atom stereocenters. The summed E-state index contributed by atoms with van der Waals surface area (Å²) in [6.07, 6.45) is -3.42. The number of aromatic amines is 1. The minimum Gasteiger partial charge on any atom is -0.386 e. The Morgan fingerprint density at radius 2 is 1.96 bits per heavy atom. The van der Waals surface area contributed by atoms with Gasteiger partial charge in [0, 0.05) is 25.5 Å². The molecule has 10 heteroatoms. The number of rotatable bonds is 11. The first-order valence-corrected chi connectivity index (χ1v) is 9.52. The number of nitrogens with zero attached hydrogens (tertiary/aromatic N) is 1. The highest BCUT2D eigenvalue weighted by atomic mass is 19.3. The van der Waals surface area contributed by atoms with E-state index in [-0.39, 0.29) is 13.2 Å². The number of aliphatic hydroxyl groups excluding tert-OH is 1. The van der Waals surface area contributed by atoms with Crippen molar-refractivity contribution in [2.24, 2.45) is 0 Å². The first-order chi connectivity index (χ1) is 13.4. The second kappa shape index (κ2) is 10.2. The second-order valence-corrected chi connectivity index (χ2v) is 6.82. The van der Waals surface area contributed by atoms with Gasteiger partial charge < -0.3 is 19.3 Å². The Morgan fingerprint density at radius 1 is 1.29 bits per heavy atom. The van der Waals surface area contributed by atoms with E-state index in [0.717, 1.165) is 29.7 Å². The normalized spacial score (nSPS) is 27.6. The number of hydrogen-bond acceptors (Lipinski definition) is 6. The van der Waals surface area contributed by atoms with E-state index < -0.39 is 48.3 Å². The molecular weight excluding hydrogens is 378 g/mol. The van der Waals surface area contributed by atoms with Crippen molar-refractivity contribution < 1.29 is 28.1 Å². The summed E-state index contributed by atoms with van der Waals surface area (Å²) >= 11 is 0. The molecule has 28 heavy (non-hydrogen) atoms. The molecule has 0 unspecified atom stereocenters. The van der Waals surface area contributed by atoms with E-state index in [4.69, 9.17) is 14.2 Å². The summed E-state index contributed by atoms with van der Waals surface area (Å²) in [6, 6.07) is 1.05. The Kier molecular flexibility index (Phi) is 8.29. The smallest absolute Gasteiger partial charge is 0.330 e. The first kappa shape index (κ1) is 22.7. The van der Waals surface area contributed by atoms with Gasteiger partial charge in [-0.25, -0.2) is 13.6 Å². The Balaban J connectivity index is 2.35. The van der Waals surface area contributed by atoms with E-state index in [1.54, 1.807) is 0 Å². The molecule has 2 heterocycles. The number of H-pyrrole nitrogens is 1. The van der Waals surface area contributed by atoms with Crippen LogP contribution in [-0.2, 0) is 14.2 Å². The Labute approximate surface area is 161 Å². The van der Waals surface area contributed by atoms with Crippen molar-refractivity contribution in [1.29, 1.82) is 0 Å². The van der Waals surface area contributed by atoms with Gasteiger partial charge in [-0.05, 0) is 12.8 Å². The summed E-state index contributed by atoms with van der Waals surface area (Å²) < 4.78 is 45.7. The first-order valence-electron chi connectivity index (χ1n) is 9.52. The number of alkyl halides is 2. The number of halogens is 2. The monoisotopic (exact) mass is 406 g/mol. The van der Waals surface area contributed by atoms with Crippen LogP contribution in [0.3, 0.4) is 0 Å². The van der Waals surface area contributed by atoms with Crippen LogP contribution in [-0.4, -0.2) is 58.7 Å². The number of nitrogens with one attached hydrogen (secondary N) is 1. The summed E-state index contributed by atoms with van der Waals surface area (Å²) in [6.45, 7) is 3.78. The second-order valence-electron chi connectivity index (χ2n) is 6.82. The van der Waals surface area contributed by atoms with Crippen LogP contribution in [0.1, 0.15) is 45.8 Å². The maximum Gasteiger partial charge on any atom is 0.330 e. The Hall–Kier alpha value is -1.62. The highest BCUT2D eigenvalue weighted by molar-refractivity contribution is 5.05. The lowest BCUT2D eigenvalue weighted by Gasteiger charge is -2.33. The third-order valence-electron chi connectivity index (χ3n) is 4.68. The van der Waals surface area contributed by atoms with Gasteiger partial charge >= 0.3 is 5.69 Å². The van der Waals surface area contributed by atoms with Crippen molar-refractivity contribution >= 4 is 0 Å². The zero-order valence-electron chi connectivity index (χ0n) is 16.1. The molecule has 0 bridgehead atoms. The maximum absolute atomic E-state index is 14.1. The van der Waals surface area contributed by atoms with E-state index >= 15 is 0 Å². The molecule has 0 saturated carbocycles. The molecule has 1 aliphatic heterocycles. The Morgan fingerprint density at radius 3 is 2.57 bits per heavy atom. The average molecular weight is 406 g/mol. The van der Waals surface area contributed by atoms with Crippen molar-refractivity contribution in [2.75, 3.05) is 19.8 Å². The summed E-state index contributed by atoms with van der Waals surface area (Å²) in [5.74, 6) is 0.